The maximum atomic E-state index is 12.5. The molecule has 72 heavy (non-hydrogen) atoms. The van der Waals surface area contributed by atoms with Gasteiger partial charge >= 0.3 is 5.97 Å². The first-order chi connectivity index (χ1) is 35.5. The number of allylic oxidation sites excluding steroid dienone is 6. The van der Waals surface area contributed by atoms with Crippen LogP contribution in [0, 0.1) is 0 Å². The maximum absolute atomic E-state index is 12.5. The minimum atomic E-state index is -0.665. The zero-order chi connectivity index (χ0) is 52.2. The maximum Gasteiger partial charge on any atom is 0.305 e. The van der Waals surface area contributed by atoms with Crippen molar-refractivity contribution in [3.63, 3.8) is 0 Å². The fourth-order valence-corrected chi connectivity index (χ4v) is 9.95. The average Bonchev–Trinajstić information content (AvgIpc) is 3.38. The van der Waals surface area contributed by atoms with Gasteiger partial charge in [0, 0.05) is 12.8 Å². The first kappa shape index (κ1) is 70.1. The molecule has 2 unspecified atom stereocenters. The van der Waals surface area contributed by atoms with E-state index in [1.165, 1.54) is 263 Å². The highest BCUT2D eigenvalue weighted by Gasteiger charge is 2.20. The summed E-state index contributed by atoms with van der Waals surface area (Å²) in [6.45, 7) is 4.92. The monoisotopic (exact) mass is 1010 g/mol. The average molecular weight is 1010 g/mol. The third-order valence-electron chi connectivity index (χ3n) is 14.9. The number of hydrogen-bond acceptors (Lipinski definition) is 5. The van der Waals surface area contributed by atoms with Gasteiger partial charge in [-0.2, -0.15) is 0 Å². The third-order valence-corrected chi connectivity index (χ3v) is 14.9. The SMILES string of the molecule is CCCC/C=C\C/C=C\CCCCCCCC(=O)OCCCCCCCCCCCCCC/C=C\CCCCCCCCCCCCC(=O)NC(CO)C(O)CCCCCCCCCCCCCCCCC. The standard InChI is InChI=1S/C66H125NO5/c1-3-5-7-9-11-13-15-17-31-34-38-42-46-50-54-58-64(69)63(62-68)67-65(70)59-55-51-47-43-39-35-32-29-27-25-23-21-19-20-22-24-26-28-30-33-37-41-45-49-53-57-61-72-66(71)60-56-52-48-44-40-36-18-16-14-12-10-8-6-4-2/h10,12,16,18-19,21,63-64,68-69H,3-9,11,13-15,17,20,22-62H2,1-2H3,(H,67,70)/b12-10-,18-16-,21-19-. The van der Waals surface area contributed by atoms with Crippen molar-refractivity contribution in [3.05, 3.63) is 36.5 Å². The van der Waals surface area contributed by atoms with Crippen molar-refractivity contribution in [2.45, 2.75) is 360 Å². The molecule has 424 valence electrons. The number of amides is 1. The van der Waals surface area contributed by atoms with Crippen molar-refractivity contribution in [2.24, 2.45) is 0 Å². The number of carbonyl (C=O) groups is 2. The summed E-state index contributed by atoms with van der Waals surface area (Å²) in [5, 5.41) is 23.3. The summed E-state index contributed by atoms with van der Waals surface area (Å²) in [6, 6.07) is -0.543. The summed E-state index contributed by atoms with van der Waals surface area (Å²) < 4.78 is 5.47. The molecule has 0 fully saturated rings. The van der Waals surface area contributed by atoms with Crippen LogP contribution < -0.4 is 5.32 Å². The van der Waals surface area contributed by atoms with Crippen molar-refractivity contribution in [2.75, 3.05) is 13.2 Å². The molecule has 0 spiro atoms. The van der Waals surface area contributed by atoms with Gasteiger partial charge in [-0.3, -0.25) is 9.59 Å². The summed E-state index contributed by atoms with van der Waals surface area (Å²) in [7, 11) is 0. The Kier molecular flexibility index (Phi) is 60.0. The van der Waals surface area contributed by atoms with Gasteiger partial charge in [0.15, 0.2) is 0 Å². The molecule has 3 N–H and O–H groups in total. The smallest absolute Gasteiger partial charge is 0.305 e. The second-order valence-corrected chi connectivity index (χ2v) is 22.1. The van der Waals surface area contributed by atoms with E-state index in [0.29, 0.717) is 25.9 Å². The van der Waals surface area contributed by atoms with Gasteiger partial charge in [-0.1, -0.05) is 294 Å². The number of hydrogen-bond donors (Lipinski definition) is 3. The summed E-state index contributed by atoms with van der Waals surface area (Å²) in [4.78, 5) is 24.5. The van der Waals surface area contributed by atoms with E-state index in [-0.39, 0.29) is 18.5 Å². The molecule has 0 saturated carbocycles. The van der Waals surface area contributed by atoms with Crippen LogP contribution in [0.5, 0.6) is 0 Å². The minimum absolute atomic E-state index is 0.000237. The number of carbonyl (C=O) groups excluding carboxylic acids is 2. The number of unbranched alkanes of at least 4 members (excludes halogenated alkanes) is 43. The molecule has 0 heterocycles. The highest BCUT2D eigenvalue weighted by molar-refractivity contribution is 5.76. The Labute approximate surface area is 449 Å². The zero-order valence-corrected chi connectivity index (χ0v) is 48.4. The van der Waals surface area contributed by atoms with Crippen molar-refractivity contribution < 1.29 is 24.5 Å². The van der Waals surface area contributed by atoms with Gasteiger partial charge in [0.25, 0.3) is 0 Å². The van der Waals surface area contributed by atoms with Crippen LogP contribution in [0.3, 0.4) is 0 Å². The Morgan fingerprint density at radius 2 is 0.708 bits per heavy atom. The number of nitrogens with one attached hydrogen (secondary N) is 1. The molecular formula is C66H125NO5. The van der Waals surface area contributed by atoms with Crippen LogP contribution in [-0.4, -0.2) is 47.4 Å². The van der Waals surface area contributed by atoms with Gasteiger partial charge in [-0.15, -0.1) is 0 Å². The van der Waals surface area contributed by atoms with Gasteiger partial charge in [0.1, 0.15) is 0 Å². The van der Waals surface area contributed by atoms with E-state index in [9.17, 15) is 19.8 Å². The summed E-state index contributed by atoms with van der Waals surface area (Å²) in [6.07, 6.45) is 77.3. The Morgan fingerprint density at radius 1 is 0.389 bits per heavy atom. The second-order valence-electron chi connectivity index (χ2n) is 22.1. The summed E-state index contributed by atoms with van der Waals surface area (Å²) in [5.41, 5.74) is 0. The zero-order valence-electron chi connectivity index (χ0n) is 48.4. The third kappa shape index (κ3) is 57.4. The first-order valence-electron chi connectivity index (χ1n) is 32.2. The Bertz CT molecular complexity index is 1170. The molecule has 0 bridgehead atoms. The predicted molar refractivity (Wildman–Crippen MR) is 315 cm³/mol. The van der Waals surface area contributed by atoms with Crippen LogP contribution in [0.2, 0.25) is 0 Å². The fraction of sp³-hybridized carbons (Fsp3) is 0.879. The van der Waals surface area contributed by atoms with Crippen molar-refractivity contribution >= 4 is 11.9 Å². The normalized spacial score (nSPS) is 12.8. The lowest BCUT2D eigenvalue weighted by Gasteiger charge is -2.22. The molecule has 0 rings (SSSR count). The Morgan fingerprint density at radius 3 is 1.11 bits per heavy atom. The van der Waals surface area contributed by atoms with Crippen molar-refractivity contribution in [1.29, 1.82) is 0 Å². The molecule has 0 aromatic heterocycles. The molecule has 0 aromatic rings. The second kappa shape index (κ2) is 61.6. The van der Waals surface area contributed by atoms with Crippen LogP contribution in [0.4, 0.5) is 0 Å². The number of rotatable bonds is 60. The highest BCUT2D eigenvalue weighted by Crippen LogP contribution is 2.18. The fourth-order valence-electron chi connectivity index (χ4n) is 9.95. The van der Waals surface area contributed by atoms with E-state index in [0.717, 1.165) is 51.4 Å². The van der Waals surface area contributed by atoms with E-state index < -0.39 is 12.1 Å². The topological polar surface area (TPSA) is 95.9 Å². The lowest BCUT2D eigenvalue weighted by molar-refractivity contribution is -0.143. The molecule has 0 saturated heterocycles. The Balaban J connectivity index is 3.39. The molecule has 2 atom stereocenters. The molecule has 0 aliphatic carbocycles. The largest absolute Gasteiger partial charge is 0.466 e. The molecule has 0 aliphatic heterocycles. The highest BCUT2D eigenvalue weighted by atomic mass is 16.5. The van der Waals surface area contributed by atoms with Gasteiger partial charge in [0.05, 0.1) is 25.4 Å². The van der Waals surface area contributed by atoms with Gasteiger partial charge < -0.3 is 20.3 Å². The summed E-state index contributed by atoms with van der Waals surface area (Å²) >= 11 is 0. The quantitative estimate of drug-likeness (QED) is 0.0320. The molecule has 0 aromatic carbocycles. The summed E-state index contributed by atoms with van der Waals surface area (Å²) in [5.74, 6) is -0.0354. The minimum Gasteiger partial charge on any atom is -0.466 e. The number of ether oxygens (including phenoxy) is 1. The molecule has 1 amide bonds. The van der Waals surface area contributed by atoms with Crippen LogP contribution >= 0.6 is 0 Å². The van der Waals surface area contributed by atoms with Gasteiger partial charge in [-0.05, 0) is 77.0 Å². The van der Waals surface area contributed by atoms with E-state index >= 15 is 0 Å². The van der Waals surface area contributed by atoms with Gasteiger partial charge in [0.2, 0.25) is 5.91 Å². The van der Waals surface area contributed by atoms with Crippen LogP contribution in [-0.2, 0) is 14.3 Å². The molecule has 6 heteroatoms. The van der Waals surface area contributed by atoms with Crippen LogP contribution in [0.15, 0.2) is 36.5 Å². The van der Waals surface area contributed by atoms with E-state index in [4.69, 9.17) is 4.74 Å². The molecular weight excluding hydrogens is 887 g/mol. The van der Waals surface area contributed by atoms with Crippen molar-refractivity contribution in [1.82, 2.24) is 5.32 Å². The lowest BCUT2D eigenvalue weighted by atomic mass is 10.0. The number of aliphatic hydroxyl groups is 2. The first-order valence-corrected chi connectivity index (χ1v) is 32.2. The van der Waals surface area contributed by atoms with Crippen LogP contribution in [0.1, 0.15) is 348 Å². The lowest BCUT2D eigenvalue weighted by Crippen LogP contribution is -2.45. The van der Waals surface area contributed by atoms with E-state index in [1.807, 2.05) is 0 Å². The number of esters is 1. The van der Waals surface area contributed by atoms with Crippen molar-refractivity contribution in [3.8, 4) is 0 Å². The number of aliphatic hydroxyl groups excluding tert-OH is 2. The Hall–Kier alpha value is -1.92. The molecule has 0 aliphatic rings. The van der Waals surface area contributed by atoms with E-state index in [2.05, 4.69) is 55.6 Å². The molecule has 6 nitrogen and oxygen atoms in total. The predicted octanol–water partition coefficient (Wildman–Crippen LogP) is 20.4. The van der Waals surface area contributed by atoms with E-state index in [1.54, 1.807) is 0 Å². The molecule has 0 radical (unpaired) electrons. The van der Waals surface area contributed by atoms with Crippen LogP contribution in [0.25, 0.3) is 0 Å². The van der Waals surface area contributed by atoms with Gasteiger partial charge in [-0.25, -0.2) is 0 Å².